The molecule has 0 radical (unpaired) electrons. The first-order valence-corrected chi connectivity index (χ1v) is 6.24. The van der Waals surface area contributed by atoms with E-state index < -0.39 is 0 Å². The summed E-state index contributed by atoms with van der Waals surface area (Å²) in [6.07, 6.45) is 2.03. The van der Waals surface area contributed by atoms with Crippen LogP contribution in [0.2, 0.25) is 0 Å². The Morgan fingerprint density at radius 1 is 1.24 bits per heavy atom. The standard InChI is InChI=1S/C15H16O2/c1-10-13(11-6-3-2-4-7-11)12-8-5-9-17-15(12)14(10)16/h2-4,6-7,10,13H,5,8-9H2,1H3. The predicted molar refractivity (Wildman–Crippen MR) is 65.6 cm³/mol. The molecule has 1 aliphatic heterocycles. The van der Waals surface area contributed by atoms with E-state index in [1.54, 1.807) is 0 Å². The number of hydrogen-bond donors (Lipinski definition) is 0. The zero-order valence-electron chi connectivity index (χ0n) is 9.98. The van der Waals surface area contributed by atoms with Crippen molar-refractivity contribution in [1.29, 1.82) is 0 Å². The lowest BCUT2D eigenvalue weighted by Crippen LogP contribution is -2.13. The minimum atomic E-state index is 0.0282. The molecule has 1 aromatic carbocycles. The van der Waals surface area contributed by atoms with Crippen LogP contribution in [0.1, 0.15) is 31.2 Å². The van der Waals surface area contributed by atoms with Crippen molar-refractivity contribution < 1.29 is 9.53 Å². The molecule has 2 aliphatic rings. The van der Waals surface area contributed by atoms with Gasteiger partial charge in [0.15, 0.2) is 5.76 Å². The molecule has 0 saturated carbocycles. The average Bonchev–Trinajstić information content (AvgIpc) is 2.64. The van der Waals surface area contributed by atoms with E-state index in [1.165, 1.54) is 11.1 Å². The summed E-state index contributed by atoms with van der Waals surface area (Å²) in [5, 5.41) is 0. The lowest BCUT2D eigenvalue weighted by molar-refractivity contribution is -0.121. The maximum atomic E-state index is 12.1. The summed E-state index contributed by atoms with van der Waals surface area (Å²) in [4.78, 5) is 12.1. The third kappa shape index (κ3) is 1.59. The number of allylic oxidation sites excluding steroid dienone is 2. The van der Waals surface area contributed by atoms with Crippen molar-refractivity contribution in [2.75, 3.05) is 6.61 Å². The maximum absolute atomic E-state index is 12.1. The van der Waals surface area contributed by atoms with Crippen molar-refractivity contribution in [2.45, 2.75) is 25.7 Å². The highest BCUT2D eigenvalue weighted by Crippen LogP contribution is 2.45. The molecule has 0 spiro atoms. The smallest absolute Gasteiger partial charge is 0.201 e. The summed E-state index contributed by atoms with van der Waals surface area (Å²) in [5.74, 6) is 1.12. The summed E-state index contributed by atoms with van der Waals surface area (Å²) >= 11 is 0. The van der Waals surface area contributed by atoms with Crippen molar-refractivity contribution >= 4 is 5.78 Å². The van der Waals surface area contributed by atoms with Crippen molar-refractivity contribution in [2.24, 2.45) is 5.92 Å². The van der Waals surface area contributed by atoms with E-state index >= 15 is 0 Å². The monoisotopic (exact) mass is 228 g/mol. The first-order valence-electron chi connectivity index (χ1n) is 6.24. The average molecular weight is 228 g/mol. The van der Waals surface area contributed by atoms with Gasteiger partial charge in [-0.1, -0.05) is 37.3 Å². The maximum Gasteiger partial charge on any atom is 0.201 e. The Balaban J connectivity index is 2.05. The molecule has 88 valence electrons. The van der Waals surface area contributed by atoms with Gasteiger partial charge in [-0.3, -0.25) is 4.79 Å². The molecule has 2 nitrogen and oxygen atoms in total. The Labute approximate surface area is 101 Å². The Kier molecular flexibility index (Phi) is 2.50. The second kappa shape index (κ2) is 4.02. The third-order valence-corrected chi connectivity index (χ3v) is 3.80. The molecule has 2 unspecified atom stereocenters. The number of benzene rings is 1. The largest absolute Gasteiger partial charge is 0.490 e. The van der Waals surface area contributed by atoms with Crippen molar-refractivity contribution in [3.05, 3.63) is 47.2 Å². The minimum Gasteiger partial charge on any atom is -0.490 e. The highest BCUT2D eigenvalue weighted by molar-refractivity contribution is 6.00. The summed E-state index contributed by atoms with van der Waals surface area (Å²) in [6.45, 7) is 2.71. The van der Waals surface area contributed by atoms with Crippen molar-refractivity contribution in [1.82, 2.24) is 0 Å². The third-order valence-electron chi connectivity index (χ3n) is 3.80. The summed E-state index contributed by atoms with van der Waals surface area (Å²) in [5.41, 5.74) is 2.46. The van der Waals surface area contributed by atoms with Crippen LogP contribution in [0.5, 0.6) is 0 Å². The second-order valence-corrected chi connectivity index (χ2v) is 4.85. The van der Waals surface area contributed by atoms with Crippen LogP contribution in [-0.2, 0) is 9.53 Å². The normalized spacial score (nSPS) is 27.9. The van der Waals surface area contributed by atoms with E-state index in [4.69, 9.17) is 4.74 Å². The molecule has 3 rings (SSSR count). The molecular weight excluding hydrogens is 212 g/mol. The number of hydrogen-bond acceptors (Lipinski definition) is 2. The van der Waals surface area contributed by atoms with E-state index in [0.717, 1.165) is 12.8 Å². The van der Waals surface area contributed by atoms with Gasteiger partial charge in [0.1, 0.15) is 0 Å². The molecule has 17 heavy (non-hydrogen) atoms. The van der Waals surface area contributed by atoms with Crippen LogP contribution in [0.4, 0.5) is 0 Å². The lowest BCUT2D eigenvalue weighted by atomic mass is 9.84. The predicted octanol–water partition coefficient (Wildman–Crippen LogP) is 3.05. The van der Waals surface area contributed by atoms with Gasteiger partial charge in [0, 0.05) is 11.8 Å². The number of Topliss-reactive ketones (excluding diaryl/α,β-unsaturated/α-hetero) is 1. The first kappa shape index (κ1) is 10.6. The van der Waals surface area contributed by atoms with Gasteiger partial charge in [0.05, 0.1) is 6.61 Å². The number of rotatable bonds is 1. The van der Waals surface area contributed by atoms with E-state index in [2.05, 4.69) is 12.1 Å². The molecule has 0 amide bonds. The lowest BCUT2D eigenvalue weighted by Gasteiger charge is -2.20. The van der Waals surface area contributed by atoms with E-state index in [0.29, 0.717) is 12.4 Å². The van der Waals surface area contributed by atoms with Crippen LogP contribution < -0.4 is 0 Å². The van der Waals surface area contributed by atoms with Gasteiger partial charge >= 0.3 is 0 Å². The number of carbonyl (C=O) groups excluding carboxylic acids is 1. The molecule has 1 aliphatic carbocycles. The van der Waals surface area contributed by atoms with Crippen molar-refractivity contribution in [3.63, 3.8) is 0 Å². The SMILES string of the molecule is CC1C(=O)C2=C(CCCO2)C1c1ccccc1. The Morgan fingerprint density at radius 2 is 2.00 bits per heavy atom. The van der Waals surface area contributed by atoms with Crippen LogP contribution in [0.15, 0.2) is 41.7 Å². The van der Waals surface area contributed by atoms with E-state index in [1.807, 2.05) is 25.1 Å². The first-order chi connectivity index (χ1) is 8.29. The van der Waals surface area contributed by atoms with Gasteiger partial charge in [-0.25, -0.2) is 0 Å². The highest BCUT2D eigenvalue weighted by Gasteiger charge is 2.41. The van der Waals surface area contributed by atoms with Gasteiger partial charge in [-0.05, 0) is 24.0 Å². The molecule has 0 N–H and O–H groups in total. The molecule has 0 bridgehead atoms. The van der Waals surface area contributed by atoms with Crippen LogP contribution in [-0.4, -0.2) is 12.4 Å². The molecule has 0 fully saturated rings. The Bertz CT molecular complexity index is 473. The molecule has 0 saturated heterocycles. The highest BCUT2D eigenvalue weighted by atomic mass is 16.5. The fourth-order valence-corrected chi connectivity index (χ4v) is 2.98. The Morgan fingerprint density at radius 3 is 2.76 bits per heavy atom. The fourth-order valence-electron chi connectivity index (χ4n) is 2.98. The van der Waals surface area contributed by atoms with Gasteiger partial charge < -0.3 is 4.74 Å². The van der Waals surface area contributed by atoms with Crippen LogP contribution in [0.3, 0.4) is 0 Å². The van der Waals surface area contributed by atoms with Gasteiger partial charge in [-0.2, -0.15) is 0 Å². The fraction of sp³-hybridized carbons (Fsp3) is 0.400. The zero-order valence-corrected chi connectivity index (χ0v) is 9.98. The van der Waals surface area contributed by atoms with Crippen LogP contribution >= 0.6 is 0 Å². The minimum absolute atomic E-state index is 0.0282. The molecule has 1 heterocycles. The van der Waals surface area contributed by atoms with Gasteiger partial charge in [0.2, 0.25) is 5.78 Å². The zero-order chi connectivity index (χ0) is 11.8. The summed E-state index contributed by atoms with van der Waals surface area (Å²) < 4.78 is 5.57. The molecular formula is C15H16O2. The summed E-state index contributed by atoms with van der Waals surface area (Å²) in [6, 6.07) is 10.3. The molecule has 0 aromatic heterocycles. The number of carbonyl (C=O) groups is 1. The number of ketones is 1. The molecule has 1 aromatic rings. The van der Waals surface area contributed by atoms with Gasteiger partial charge in [-0.15, -0.1) is 0 Å². The quantitative estimate of drug-likeness (QED) is 0.738. The van der Waals surface area contributed by atoms with Crippen LogP contribution in [0.25, 0.3) is 0 Å². The second-order valence-electron chi connectivity index (χ2n) is 4.85. The van der Waals surface area contributed by atoms with E-state index in [-0.39, 0.29) is 17.6 Å². The van der Waals surface area contributed by atoms with E-state index in [9.17, 15) is 4.79 Å². The number of ether oxygens (including phenoxy) is 1. The topological polar surface area (TPSA) is 26.3 Å². The summed E-state index contributed by atoms with van der Waals surface area (Å²) in [7, 11) is 0. The van der Waals surface area contributed by atoms with Crippen LogP contribution in [0, 0.1) is 5.92 Å². The molecule has 2 atom stereocenters. The van der Waals surface area contributed by atoms with Crippen molar-refractivity contribution in [3.8, 4) is 0 Å². The van der Waals surface area contributed by atoms with Gasteiger partial charge in [0.25, 0.3) is 0 Å². The molecule has 2 heteroatoms. The Hall–Kier alpha value is -1.57.